The van der Waals surface area contributed by atoms with Gasteiger partial charge < -0.3 is 25.0 Å². The van der Waals surface area contributed by atoms with Gasteiger partial charge in [-0.25, -0.2) is 4.79 Å². The average Bonchev–Trinajstić information content (AvgIpc) is 2.11. The molecule has 0 heterocycles. The van der Waals surface area contributed by atoms with Gasteiger partial charge in [0.25, 0.3) is 0 Å². The summed E-state index contributed by atoms with van der Waals surface area (Å²) in [5.74, 6) is -1.44. The molecule has 6 nitrogen and oxygen atoms in total. The highest BCUT2D eigenvalue weighted by Crippen LogP contribution is 2.06. The SMILES string of the molecule is COC[C@@H]([C@H](O)[C@H](O)C(=O)O)N(C)C. The molecule has 0 unspecified atom stereocenters. The molecule has 6 heteroatoms. The number of aliphatic hydroxyl groups excluding tert-OH is 2. The van der Waals surface area contributed by atoms with Crippen LogP contribution < -0.4 is 0 Å². The maximum atomic E-state index is 10.4. The highest BCUT2D eigenvalue weighted by molar-refractivity contribution is 5.72. The second-order valence-corrected chi connectivity index (χ2v) is 3.26. The maximum Gasteiger partial charge on any atom is 0.335 e. The Kier molecular flexibility index (Phi) is 5.63. The van der Waals surface area contributed by atoms with Gasteiger partial charge in [-0.2, -0.15) is 0 Å². The number of methoxy groups -OCH3 is 1. The number of ether oxygens (including phenoxy) is 1. The van der Waals surface area contributed by atoms with Gasteiger partial charge >= 0.3 is 5.97 Å². The Labute approximate surface area is 82.7 Å². The number of nitrogens with zero attached hydrogens (tertiary/aromatic N) is 1. The molecule has 84 valence electrons. The van der Waals surface area contributed by atoms with Crippen LogP contribution in [-0.2, 0) is 9.53 Å². The van der Waals surface area contributed by atoms with E-state index in [-0.39, 0.29) is 6.61 Å². The quantitative estimate of drug-likeness (QED) is 0.484. The number of aliphatic carboxylic acids is 1. The van der Waals surface area contributed by atoms with Gasteiger partial charge in [-0.05, 0) is 14.1 Å². The molecular weight excluding hydrogens is 190 g/mol. The van der Waals surface area contributed by atoms with Crippen molar-refractivity contribution in [2.45, 2.75) is 18.2 Å². The molecule has 0 fully saturated rings. The van der Waals surface area contributed by atoms with Gasteiger partial charge in [-0.1, -0.05) is 0 Å². The van der Waals surface area contributed by atoms with E-state index in [0.29, 0.717) is 0 Å². The van der Waals surface area contributed by atoms with E-state index in [9.17, 15) is 9.90 Å². The predicted molar refractivity (Wildman–Crippen MR) is 49.0 cm³/mol. The number of hydrogen-bond donors (Lipinski definition) is 3. The molecule has 0 aromatic carbocycles. The fourth-order valence-corrected chi connectivity index (χ4v) is 1.08. The number of aliphatic hydroxyl groups is 2. The molecule has 0 amide bonds. The van der Waals surface area contributed by atoms with Crippen LogP contribution in [0.1, 0.15) is 0 Å². The zero-order chi connectivity index (χ0) is 11.3. The summed E-state index contributed by atoms with van der Waals surface area (Å²) in [6.45, 7) is 0.151. The second kappa shape index (κ2) is 5.92. The molecule has 0 aliphatic heterocycles. The van der Waals surface area contributed by atoms with E-state index in [4.69, 9.17) is 14.9 Å². The van der Waals surface area contributed by atoms with E-state index >= 15 is 0 Å². The van der Waals surface area contributed by atoms with Crippen molar-refractivity contribution in [3.8, 4) is 0 Å². The first-order chi connectivity index (χ1) is 6.41. The molecule has 3 N–H and O–H groups in total. The van der Waals surface area contributed by atoms with Crippen molar-refractivity contribution in [1.29, 1.82) is 0 Å². The van der Waals surface area contributed by atoms with Crippen LogP contribution in [0.25, 0.3) is 0 Å². The lowest BCUT2D eigenvalue weighted by molar-refractivity contribution is -0.156. The minimum atomic E-state index is -1.79. The molecule has 0 aliphatic rings. The Hall–Kier alpha value is -0.690. The van der Waals surface area contributed by atoms with Crippen LogP contribution in [0.3, 0.4) is 0 Å². The Balaban J connectivity index is 4.41. The van der Waals surface area contributed by atoms with Gasteiger partial charge in [0.15, 0.2) is 6.10 Å². The van der Waals surface area contributed by atoms with Gasteiger partial charge in [0, 0.05) is 7.11 Å². The van der Waals surface area contributed by atoms with Crippen molar-refractivity contribution in [3.05, 3.63) is 0 Å². The van der Waals surface area contributed by atoms with Gasteiger partial charge in [0.2, 0.25) is 0 Å². The standard InChI is InChI=1S/C8H17NO5/c1-9(2)5(4-14-3)6(10)7(11)8(12)13/h5-7,10-11H,4H2,1-3H3,(H,12,13)/t5-,6-,7-/m0/s1. The molecule has 3 atom stereocenters. The first-order valence-electron chi connectivity index (χ1n) is 4.16. The van der Waals surface area contributed by atoms with Crippen molar-refractivity contribution < 1.29 is 24.9 Å². The number of hydrogen-bond acceptors (Lipinski definition) is 5. The van der Waals surface area contributed by atoms with Crippen molar-refractivity contribution in [3.63, 3.8) is 0 Å². The van der Waals surface area contributed by atoms with E-state index in [2.05, 4.69) is 0 Å². The number of carboxylic acid groups (broad SMARTS) is 1. The van der Waals surface area contributed by atoms with E-state index in [0.717, 1.165) is 0 Å². The number of carboxylic acids is 1. The molecule has 0 radical (unpaired) electrons. The molecule has 0 saturated carbocycles. The average molecular weight is 207 g/mol. The monoisotopic (exact) mass is 207 g/mol. The molecule has 14 heavy (non-hydrogen) atoms. The Bertz CT molecular complexity index is 185. The van der Waals surface area contributed by atoms with Crippen molar-refractivity contribution in [2.24, 2.45) is 0 Å². The minimum absolute atomic E-state index is 0.151. The lowest BCUT2D eigenvalue weighted by Crippen LogP contribution is -2.50. The lowest BCUT2D eigenvalue weighted by Gasteiger charge is -2.29. The summed E-state index contributed by atoms with van der Waals surface area (Å²) in [7, 11) is 4.78. The van der Waals surface area contributed by atoms with E-state index < -0.39 is 24.2 Å². The zero-order valence-corrected chi connectivity index (χ0v) is 8.54. The van der Waals surface area contributed by atoms with Crippen LogP contribution in [0, 0.1) is 0 Å². The molecule has 0 aromatic heterocycles. The Morgan fingerprint density at radius 2 is 1.93 bits per heavy atom. The van der Waals surface area contributed by atoms with Crippen LogP contribution >= 0.6 is 0 Å². The first-order valence-corrected chi connectivity index (χ1v) is 4.16. The third-order valence-electron chi connectivity index (χ3n) is 1.97. The van der Waals surface area contributed by atoms with E-state index in [1.165, 1.54) is 7.11 Å². The normalized spacial score (nSPS) is 17.9. The van der Waals surface area contributed by atoms with Crippen LogP contribution in [0.2, 0.25) is 0 Å². The van der Waals surface area contributed by atoms with Gasteiger partial charge in [-0.3, -0.25) is 0 Å². The fourth-order valence-electron chi connectivity index (χ4n) is 1.08. The number of likely N-dealkylation sites (N-methyl/N-ethyl adjacent to an activating group) is 1. The van der Waals surface area contributed by atoms with E-state index in [1.54, 1.807) is 19.0 Å². The van der Waals surface area contributed by atoms with Crippen molar-refractivity contribution >= 4 is 5.97 Å². The van der Waals surface area contributed by atoms with Crippen LogP contribution in [0.15, 0.2) is 0 Å². The largest absolute Gasteiger partial charge is 0.479 e. The first kappa shape index (κ1) is 13.3. The van der Waals surface area contributed by atoms with Crippen molar-refractivity contribution in [1.82, 2.24) is 4.90 Å². The second-order valence-electron chi connectivity index (χ2n) is 3.26. The Morgan fingerprint density at radius 1 is 1.43 bits per heavy atom. The Morgan fingerprint density at radius 3 is 2.21 bits per heavy atom. The summed E-state index contributed by atoms with van der Waals surface area (Å²) < 4.78 is 4.81. The summed E-state index contributed by atoms with van der Waals surface area (Å²) in [4.78, 5) is 12.0. The minimum Gasteiger partial charge on any atom is -0.479 e. The van der Waals surface area contributed by atoms with Crippen LogP contribution in [0.4, 0.5) is 0 Å². The third kappa shape index (κ3) is 3.59. The summed E-state index contributed by atoms with van der Waals surface area (Å²) in [6.07, 6.45) is -3.17. The summed E-state index contributed by atoms with van der Waals surface area (Å²) >= 11 is 0. The molecule has 0 rings (SSSR count). The molecular formula is C8H17NO5. The molecule has 0 aliphatic carbocycles. The van der Waals surface area contributed by atoms with Crippen molar-refractivity contribution in [2.75, 3.05) is 27.8 Å². The fraction of sp³-hybridized carbons (Fsp3) is 0.875. The topological polar surface area (TPSA) is 90.2 Å². The molecule has 0 bridgehead atoms. The number of carbonyl (C=O) groups is 1. The maximum absolute atomic E-state index is 10.4. The summed E-state index contributed by atoms with van der Waals surface area (Å²) in [5.41, 5.74) is 0. The van der Waals surface area contributed by atoms with Crippen LogP contribution in [0.5, 0.6) is 0 Å². The zero-order valence-electron chi connectivity index (χ0n) is 8.54. The van der Waals surface area contributed by atoms with Crippen LogP contribution in [-0.4, -0.2) is 72.3 Å². The van der Waals surface area contributed by atoms with Gasteiger partial charge in [0.05, 0.1) is 12.6 Å². The molecule has 0 aromatic rings. The van der Waals surface area contributed by atoms with E-state index in [1.807, 2.05) is 0 Å². The smallest absolute Gasteiger partial charge is 0.335 e. The predicted octanol–water partition coefficient (Wildman–Crippen LogP) is -1.63. The highest BCUT2D eigenvalue weighted by Gasteiger charge is 2.32. The molecule has 0 spiro atoms. The number of rotatable bonds is 6. The molecule has 0 saturated heterocycles. The summed E-state index contributed by atoms with van der Waals surface area (Å²) in [5, 5.41) is 27.1. The summed E-state index contributed by atoms with van der Waals surface area (Å²) in [6, 6.07) is -0.550. The van der Waals surface area contributed by atoms with Gasteiger partial charge in [-0.15, -0.1) is 0 Å². The third-order valence-corrected chi connectivity index (χ3v) is 1.97. The highest BCUT2D eigenvalue weighted by atomic mass is 16.5. The lowest BCUT2D eigenvalue weighted by atomic mass is 10.1. The van der Waals surface area contributed by atoms with Gasteiger partial charge in [0.1, 0.15) is 6.10 Å².